The Morgan fingerprint density at radius 1 is 1.34 bits per heavy atom. The average molecular weight is 411 g/mol. The molecule has 0 radical (unpaired) electrons. The predicted molar refractivity (Wildman–Crippen MR) is 111 cm³/mol. The van der Waals surface area contributed by atoms with E-state index in [1.54, 1.807) is 16.4 Å². The molecule has 1 saturated heterocycles. The minimum atomic E-state index is -0.491. The van der Waals surface area contributed by atoms with E-state index in [0.717, 1.165) is 27.8 Å². The second-order valence-corrected chi connectivity index (χ2v) is 8.07. The van der Waals surface area contributed by atoms with Gasteiger partial charge in [0.25, 0.3) is 0 Å². The molecular formula is C20H22N6O2S. The number of pyridine rings is 1. The molecule has 150 valence electrons. The van der Waals surface area contributed by atoms with Gasteiger partial charge in [0, 0.05) is 29.2 Å². The highest BCUT2D eigenvalue weighted by atomic mass is 32.2. The smallest absolute Gasteiger partial charge is 0.225 e. The lowest BCUT2D eigenvalue weighted by Gasteiger charge is -2.12. The summed E-state index contributed by atoms with van der Waals surface area (Å²) in [5.41, 5.74) is 7.28. The van der Waals surface area contributed by atoms with Crippen LogP contribution in [0.4, 0.5) is 0 Å². The lowest BCUT2D eigenvalue weighted by atomic mass is 10.1. The van der Waals surface area contributed by atoms with E-state index < -0.39 is 5.91 Å². The van der Waals surface area contributed by atoms with Gasteiger partial charge in [-0.2, -0.15) is 4.68 Å². The Balaban J connectivity index is 1.78. The topological polar surface area (TPSA) is 116 Å². The number of aromatic nitrogens is 4. The van der Waals surface area contributed by atoms with Gasteiger partial charge in [0.1, 0.15) is 5.82 Å². The SMILES string of the molecule is CSc1ccc2c(C)cc(-n3nc(CC(N)=O)nc3C[C@@H]3CCC(=O)N3)nc2c1. The molecule has 1 fully saturated rings. The molecule has 4 rings (SSSR count). The van der Waals surface area contributed by atoms with Gasteiger partial charge >= 0.3 is 0 Å². The van der Waals surface area contributed by atoms with Crippen molar-refractivity contribution >= 4 is 34.5 Å². The molecule has 8 nitrogen and oxygen atoms in total. The summed E-state index contributed by atoms with van der Waals surface area (Å²) in [5.74, 6) is 1.20. The Hall–Kier alpha value is -2.94. The summed E-state index contributed by atoms with van der Waals surface area (Å²) >= 11 is 1.66. The van der Waals surface area contributed by atoms with Gasteiger partial charge in [-0.15, -0.1) is 16.9 Å². The quantitative estimate of drug-likeness (QED) is 0.598. The number of nitrogens with two attached hydrogens (primary N) is 1. The number of hydrogen-bond acceptors (Lipinski definition) is 6. The zero-order valence-corrected chi connectivity index (χ0v) is 17.1. The number of benzene rings is 1. The van der Waals surface area contributed by atoms with Crippen molar-refractivity contribution in [1.82, 2.24) is 25.1 Å². The van der Waals surface area contributed by atoms with Gasteiger partial charge in [-0.1, -0.05) is 6.07 Å². The van der Waals surface area contributed by atoms with Crippen molar-refractivity contribution in [3.05, 3.63) is 41.5 Å². The van der Waals surface area contributed by atoms with Crippen molar-refractivity contribution < 1.29 is 9.59 Å². The summed E-state index contributed by atoms with van der Waals surface area (Å²) in [5, 5.41) is 8.53. The number of aryl methyl sites for hydroxylation is 1. The van der Waals surface area contributed by atoms with Crippen molar-refractivity contribution in [2.24, 2.45) is 5.73 Å². The third-order valence-electron chi connectivity index (χ3n) is 4.99. The molecule has 0 aliphatic carbocycles. The van der Waals surface area contributed by atoms with E-state index in [-0.39, 0.29) is 18.4 Å². The Kier molecular flexibility index (Phi) is 5.23. The zero-order chi connectivity index (χ0) is 20.5. The van der Waals surface area contributed by atoms with E-state index in [1.807, 2.05) is 19.2 Å². The first-order valence-corrected chi connectivity index (χ1v) is 10.6. The summed E-state index contributed by atoms with van der Waals surface area (Å²) in [6.45, 7) is 2.03. The first-order valence-electron chi connectivity index (χ1n) is 9.41. The van der Waals surface area contributed by atoms with E-state index in [9.17, 15) is 9.59 Å². The predicted octanol–water partition coefficient (Wildman–Crippen LogP) is 1.69. The maximum Gasteiger partial charge on any atom is 0.225 e. The van der Waals surface area contributed by atoms with Crippen LogP contribution in [0.2, 0.25) is 0 Å². The maximum atomic E-state index is 11.6. The fourth-order valence-electron chi connectivity index (χ4n) is 3.59. The number of fused-ring (bicyclic) bond motifs is 1. The number of amides is 2. The van der Waals surface area contributed by atoms with Gasteiger partial charge in [-0.3, -0.25) is 9.59 Å². The van der Waals surface area contributed by atoms with Crippen LogP contribution >= 0.6 is 11.8 Å². The largest absolute Gasteiger partial charge is 0.369 e. The fraction of sp³-hybridized carbons (Fsp3) is 0.350. The molecular weight excluding hydrogens is 388 g/mol. The second kappa shape index (κ2) is 7.82. The number of carbonyl (C=O) groups excluding carboxylic acids is 2. The summed E-state index contributed by atoms with van der Waals surface area (Å²) < 4.78 is 1.67. The Labute approximate surface area is 172 Å². The molecule has 9 heteroatoms. The highest BCUT2D eigenvalue weighted by molar-refractivity contribution is 7.98. The van der Waals surface area contributed by atoms with Crippen molar-refractivity contribution in [3.63, 3.8) is 0 Å². The average Bonchev–Trinajstić information content (AvgIpc) is 3.26. The summed E-state index contributed by atoms with van der Waals surface area (Å²) in [6, 6.07) is 8.16. The zero-order valence-electron chi connectivity index (χ0n) is 16.3. The number of nitrogens with one attached hydrogen (secondary N) is 1. The lowest BCUT2D eigenvalue weighted by Crippen LogP contribution is -2.28. The number of primary amides is 1. The molecule has 29 heavy (non-hydrogen) atoms. The Morgan fingerprint density at radius 3 is 2.86 bits per heavy atom. The van der Waals surface area contributed by atoms with Gasteiger partial charge in [-0.05, 0) is 43.4 Å². The monoisotopic (exact) mass is 410 g/mol. The van der Waals surface area contributed by atoms with E-state index in [0.29, 0.717) is 30.3 Å². The minimum Gasteiger partial charge on any atom is -0.369 e. The highest BCUT2D eigenvalue weighted by Gasteiger charge is 2.25. The van der Waals surface area contributed by atoms with Crippen molar-refractivity contribution in [1.29, 1.82) is 0 Å². The van der Waals surface area contributed by atoms with Crippen LogP contribution in [0.15, 0.2) is 29.2 Å². The fourth-order valence-corrected chi connectivity index (χ4v) is 4.02. The van der Waals surface area contributed by atoms with E-state index in [2.05, 4.69) is 33.6 Å². The number of nitrogens with zero attached hydrogens (tertiary/aromatic N) is 4. The standard InChI is InChI=1S/C20H22N6O2S/c1-11-7-18(23-15-9-13(29-2)4-5-14(11)15)26-19(8-12-3-6-20(28)22-12)24-17(25-26)10-16(21)27/h4-5,7,9,12H,3,6,8,10H2,1-2H3,(H2,21,27)(H,22,28)/t12-/m0/s1. The van der Waals surface area contributed by atoms with Crippen molar-refractivity contribution in [3.8, 4) is 5.82 Å². The third kappa shape index (κ3) is 4.09. The van der Waals surface area contributed by atoms with E-state index >= 15 is 0 Å². The van der Waals surface area contributed by atoms with Crippen molar-refractivity contribution in [2.45, 2.75) is 43.5 Å². The molecule has 3 N–H and O–H groups in total. The van der Waals surface area contributed by atoms with Crippen LogP contribution in [0.5, 0.6) is 0 Å². The van der Waals surface area contributed by atoms with Gasteiger partial charge < -0.3 is 11.1 Å². The molecule has 1 aromatic carbocycles. The summed E-state index contributed by atoms with van der Waals surface area (Å²) in [6.07, 6.45) is 3.76. The van der Waals surface area contributed by atoms with Crippen LogP contribution in [-0.2, 0) is 22.4 Å². The van der Waals surface area contributed by atoms with Crippen molar-refractivity contribution in [2.75, 3.05) is 6.26 Å². The summed E-state index contributed by atoms with van der Waals surface area (Å²) in [7, 11) is 0. The molecule has 3 aromatic rings. The number of hydrogen-bond donors (Lipinski definition) is 2. The number of carbonyl (C=O) groups is 2. The van der Waals surface area contributed by atoms with Crippen LogP contribution in [0.3, 0.4) is 0 Å². The van der Waals surface area contributed by atoms with Gasteiger partial charge in [0.2, 0.25) is 11.8 Å². The van der Waals surface area contributed by atoms with Crippen LogP contribution in [0.25, 0.3) is 16.7 Å². The van der Waals surface area contributed by atoms with Crippen LogP contribution in [0.1, 0.15) is 30.1 Å². The number of thioether (sulfide) groups is 1. The Morgan fingerprint density at radius 2 is 2.17 bits per heavy atom. The van der Waals surface area contributed by atoms with E-state index in [4.69, 9.17) is 10.7 Å². The van der Waals surface area contributed by atoms with E-state index in [1.165, 1.54) is 0 Å². The molecule has 1 aliphatic rings. The first kappa shape index (κ1) is 19.4. The molecule has 3 heterocycles. The summed E-state index contributed by atoms with van der Waals surface area (Å²) in [4.78, 5) is 33.4. The Bertz CT molecular complexity index is 1110. The molecule has 1 atom stereocenters. The van der Waals surface area contributed by atoms with Gasteiger partial charge in [-0.25, -0.2) is 9.97 Å². The molecule has 1 aliphatic heterocycles. The van der Waals surface area contributed by atoms with Crippen LogP contribution < -0.4 is 11.1 Å². The molecule has 0 saturated carbocycles. The molecule has 2 amide bonds. The normalized spacial score (nSPS) is 16.3. The van der Waals surface area contributed by atoms with Crippen LogP contribution in [0, 0.1) is 6.92 Å². The van der Waals surface area contributed by atoms with Gasteiger partial charge in [0.05, 0.1) is 11.9 Å². The third-order valence-corrected chi connectivity index (χ3v) is 5.72. The molecule has 0 unspecified atom stereocenters. The number of rotatable bonds is 6. The molecule has 0 bridgehead atoms. The second-order valence-electron chi connectivity index (χ2n) is 7.19. The lowest BCUT2D eigenvalue weighted by molar-refractivity contribution is -0.119. The first-order chi connectivity index (χ1) is 13.9. The highest BCUT2D eigenvalue weighted by Crippen LogP contribution is 2.25. The molecule has 0 spiro atoms. The molecule has 2 aromatic heterocycles. The maximum absolute atomic E-state index is 11.6. The van der Waals surface area contributed by atoms with Gasteiger partial charge in [0.15, 0.2) is 11.6 Å². The van der Waals surface area contributed by atoms with Crippen LogP contribution in [-0.4, -0.2) is 43.9 Å². The minimum absolute atomic E-state index is 0.00322.